The summed E-state index contributed by atoms with van der Waals surface area (Å²) in [6.07, 6.45) is 5.83. The number of benzene rings is 3. The first-order valence-electron chi connectivity index (χ1n) is 11.4. The van der Waals surface area contributed by atoms with Crippen LogP contribution in [-0.2, 0) is 18.3 Å². The summed E-state index contributed by atoms with van der Waals surface area (Å²) in [5.41, 5.74) is 10.5. The molecular weight excluding hydrogens is 402 g/mol. The van der Waals surface area contributed by atoms with Crippen molar-refractivity contribution >= 4 is 0 Å². The number of hydrogen-bond acceptors (Lipinski definition) is 3. The van der Waals surface area contributed by atoms with Gasteiger partial charge in [0.15, 0.2) is 5.82 Å². The SMILES string of the molecule is c1ccc(-c2nc(-c3ccccc3)c3c(n2)C2(Cc4ccccc4C2)c2cnccc2-3)cc1. The fourth-order valence-electron chi connectivity index (χ4n) is 5.68. The van der Waals surface area contributed by atoms with Gasteiger partial charge in [-0.3, -0.25) is 4.98 Å². The van der Waals surface area contributed by atoms with Crippen molar-refractivity contribution in [1.29, 1.82) is 0 Å². The van der Waals surface area contributed by atoms with E-state index in [0.717, 1.165) is 46.7 Å². The Hall–Kier alpha value is -4.11. The Morgan fingerprint density at radius 2 is 1.27 bits per heavy atom. The van der Waals surface area contributed by atoms with E-state index < -0.39 is 0 Å². The Morgan fingerprint density at radius 1 is 0.636 bits per heavy atom. The van der Waals surface area contributed by atoms with Crippen LogP contribution in [0.3, 0.4) is 0 Å². The lowest BCUT2D eigenvalue weighted by atomic mass is 9.78. The molecule has 2 aliphatic carbocycles. The summed E-state index contributed by atoms with van der Waals surface area (Å²) in [5, 5.41) is 0. The summed E-state index contributed by atoms with van der Waals surface area (Å²) in [6, 6.07) is 31.8. The molecule has 156 valence electrons. The highest BCUT2D eigenvalue weighted by atomic mass is 14.9. The van der Waals surface area contributed by atoms with Crippen molar-refractivity contribution in [2.24, 2.45) is 0 Å². The lowest BCUT2D eigenvalue weighted by Crippen LogP contribution is -2.27. The van der Waals surface area contributed by atoms with E-state index in [1.54, 1.807) is 0 Å². The molecule has 33 heavy (non-hydrogen) atoms. The van der Waals surface area contributed by atoms with Crippen molar-refractivity contribution in [3.05, 3.63) is 126 Å². The molecule has 0 radical (unpaired) electrons. The van der Waals surface area contributed by atoms with Gasteiger partial charge in [-0.2, -0.15) is 0 Å². The minimum absolute atomic E-state index is 0.210. The van der Waals surface area contributed by atoms with Crippen LogP contribution in [0.4, 0.5) is 0 Å². The summed E-state index contributed by atoms with van der Waals surface area (Å²) >= 11 is 0. The molecule has 0 aliphatic heterocycles. The molecule has 0 unspecified atom stereocenters. The number of aromatic nitrogens is 3. The predicted molar refractivity (Wildman–Crippen MR) is 131 cm³/mol. The Morgan fingerprint density at radius 3 is 1.97 bits per heavy atom. The summed E-state index contributed by atoms with van der Waals surface area (Å²) < 4.78 is 0. The molecule has 0 N–H and O–H groups in total. The van der Waals surface area contributed by atoms with Crippen LogP contribution in [0.2, 0.25) is 0 Å². The summed E-state index contributed by atoms with van der Waals surface area (Å²) in [6.45, 7) is 0. The lowest BCUT2D eigenvalue weighted by molar-refractivity contribution is 0.544. The molecule has 0 atom stereocenters. The third-order valence-corrected chi connectivity index (χ3v) is 7.15. The first-order valence-corrected chi connectivity index (χ1v) is 11.4. The van der Waals surface area contributed by atoms with Gasteiger partial charge in [0, 0.05) is 34.5 Å². The third-order valence-electron chi connectivity index (χ3n) is 7.15. The van der Waals surface area contributed by atoms with Gasteiger partial charge in [-0.05, 0) is 41.2 Å². The average Bonchev–Trinajstić information content (AvgIpc) is 3.41. The topological polar surface area (TPSA) is 38.7 Å². The maximum absolute atomic E-state index is 5.30. The zero-order chi connectivity index (χ0) is 21.8. The molecule has 0 bridgehead atoms. The minimum atomic E-state index is -0.210. The molecule has 0 fully saturated rings. The molecule has 3 aromatic carbocycles. The second-order valence-electron chi connectivity index (χ2n) is 8.98. The molecule has 3 heteroatoms. The van der Waals surface area contributed by atoms with E-state index in [9.17, 15) is 0 Å². The van der Waals surface area contributed by atoms with Gasteiger partial charge >= 0.3 is 0 Å². The van der Waals surface area contributed by atoms with E-state index >= 15 is 0 Å². The van der Waals surface area contributed by atoms with Gasteiger partial charge < -0.3 is 0 Å². The number of nitrogens with zero attached hydrogens (tertiary/aromatic N) is 3. The van der Waals surface area contributed by atoms with E-state index in [2.05, 4.69) is 84.0 Å². The van der Waals surface area contributed by atoms with Crippen LogP contribution in [0, 0.1) is 0 Å². The first-order chi connectivity index (χ1) is 16.3. The van der Waals surface area contributed by atoms with Crippen molar-refractivity contribution in [3.8, 4) is 33.8 Å². The highest BCUT2D eigenvalue weighted by molar-refractivity contribution is 5.91. The minimum Gasteiger partial charge on any atom is -0.264 e. The largest absolute Gasteiger partial charge is 0.264 e. The van der Waals surface area contributed by atoms with Crippen LogP contribution in [0.5, 0.6) is 0 Å². The highest BCUT2D eigenvalue weighted by Gasteiger charge is 2.50. The summed E-state index contributed by atoms with van der Waals surface area (Å²) in [7, 11) is 0. The van der Waals surface area contributed by atoms with Gasteiger partial charge in [-0.25, -0.2) is 9.97 Å². The van der Waals surface area contributed by atoms with E-state index in [-0.39, 0.29) is 5.41 Å². The first kappa shape index (κ1) is 18.5. The maximum Gasteiger partial charge on any atom is 0.160 e. The molecule has 0 saturated carbocycles. The Bertz CT molecular complexity index is 1480. The number of hydrogen-bond donors (Lipinski definition) is 0. The van der Waals surface area contributed by atoms with Crippen LogP contribution < -0.4 is 0 Å². The van der Waals surface area contributed by atoms with Crippen molar-refractivity contribution in [2.75, 3.05) is 0 Å². The zero-order valence-electron chi connectivity index (χ0n) is 18.1. The second kappa shape index (κ2) is 6.94. The maximum atomic E-state index is 5.30. The van der Waals surface area contributed by atoms with Gasteiger partial charge in [0.1, 0.15) is 0 Å². The van der Waals surface area contributed by atoms with Crippen molar-refractivity contribution in [1.82, 2.24) is 15.0 Å². The Labute approximate surface area is 192 Å². The molecule has 2 aliphatic rings. The molecular formula is C30H21N3. The Kier molecular flexibility index (Phi) is 3.88. The highest BCUT2D eigenvalue weighted by Crippen LogP contribution is 2.56. The van der Waals surface area contributed by atoms with E-state index in [1.807, 2.05) is 24.4 Å². The van der Waals surface area contributed by atoms with Gasteiger partial charge in [0.05, 0.1) is 11.4 Å². The summed E-state index contributed by atoms with van der Waals surface area (Å²) in [4.78, 5) is 15.0. The standard InChI is InChI=1S/C30H21N3/c1-3-9-20(10-4-1)27-26-24-15-16-31-19-25(24)30(17-22-13-7-8-14-23(22)18-30)28(26)33-29(32-27)21-11-5-2-6-12-21/h1-16,19H,17-18H2. The molecule has 0 amide bonds. The Balaban J connectivity index is 1.57. The van der Waals surface area contributed by atoms with E-state index in [4.69, 9.17) is 9.97 Å². The average molecular weight is 424 g/mol. The molecule has 7 rings (SSSR count). The van der Waals surface area contributed by atoms with Gasteiger partial charge in [0.25, 0.3) is 0 Å². The van der Waals surface area contributed by atoms with Crippen molar-refractivity contribution < 1.29 is 0 Å². The fourth-order valence-corrected chi connectivity index (χ4v) is 5.68. The van der Waals surface area contributed by atoms with Gasteiger partial charge in [0.2, 0.25) is 0 Å². The predicted octanol–water partition coefficient (Wildman–Crippen LogP) is 6.27. The number of fused-ring (bicyclic) bond motifs is 6. The van der Waals surface area contributed by atoms with E-state index in [1.165, 1.54) is 22.3 Å². The normalized spacial score (nSPS) is 14.7. The number of rotatable bonds is 2. The van der Waals surface area contributed by atoms with Crippen molar-refractivity contribution in [3.63, 3.8) is 0 Å². The van der Waals surface area contributed by atoms with Crippen LogP contribution in [0.25, 0.3) is 33.8 Å². The quantitative estimate of drug-likeness (QED) is 0.336. The van der Waals surface area contributed by atoms with Crippen LogP contribution >= 0.6 is 0 Å². The molecule has 2 heterocycles. The monoisotopic (exact) mass is 423 g/mol. The third kappa shape index (κ3) is 2.66. The number of pyridine rings is 1. The molecule has 0 saturated heterocycles. The van der Waals surface area contributed by atoms with Gasteiger partial charge in [-0.15, -0.1) is 0 Å². The van der Waals surface area contributed by atoms with Gasteiger partial charge in [-0.1, -0.05) is 84.9 Å². The lowest BCUT2D eigenvalue weighted by Gasteiger charge is -2.25. The van der Waals surface area contributed by atoms with E-state index in [0.29, 0.717) is 0 Å². The zero-order valence-corrected chi connectivity index (χ0v) is 18.1. The smallest absolute Gasteiger partial charge is 0.160 e. The molecule has 1 spiro atoms. The van der Waals surface area contributed by atoms with Crippen molar-refractivity contribution in [2.45, 2.75) is 18.3 Å². The van der Waals surface area contributed by atoms with Crippen LogP contribution in [-0.4, -0.2) is 15.0 Å². The molecule has 5 aromatic rings. The second-order valence-corrected chi connectivity index (χ2v) is 8.98. The fraction of sp³-hybridized carbons (Fsp3) is 0.100. The summed E-state index contributed by atoms with van der Waals surface area (Å²) in [5.74, 6) is 0.782. The van der Waals surface area contributed by atoms with Crippen LogP contribution in [0.15, 0.2) is 103 Å². The van der Waals surface area contributed by atoms with Crippen LogP contribution in [0.1, 0.15) is 22.4 Å². The molecule has 2 aromatic heterocycles. The molecule has 3 nitrogen and oxygen atoms in total.